The number of nitrogens with zero attached hydrogens (tertiary/aromatic N) is 9. The Morgan fingerprint density at radius 2 is 1.39 bits per heavy atom. The summed E-state index contributed by atoms with van der Waals surface area (Å²) in [5, 5.41) is 20.0. The molecule has 8 rings (SSSR count). The van der Waals surface area contributed by atoms with Gasteiger partial charge in [-0.15, -0.1) is 5.10 Å². The fourth-order valence-corrected chi connectivity index (χ4v) is 6.22. The largest absolute Gasteiger partial charge is 0.454 e. The number of nitro benzene ring substituents is 1. The molecule has 0 aliphatic rings. The van der Waals surface area contributed by atoms with Gasteiger partial charge in [0.1, 0.15) is 28.1 Å². The van der Waals surface area contributed by atoms with Crippen molar-refractivity contribution >= 4 is 22.5 Å². The summed E-state index contributed by atoms with van der Waals surface area (Å²) in [5.41, 5.74) is 4.16. The molecule has 2 N–H and O–H groups in total. The van der Waals surface area contributed by atoms with Crippen LogP contribution in [-0.4, -0.2) is 43.3 Å². The number of alkyl halides is 6. The third kappa shape index (κ3) is 6.35. The molecule has 8 aromatic rings. The van der Waals surface area contributed by atoms with Crippen molar-refractivity contribution < 1.29 is 40.7 Å². The van der Waals surface area contributed by atoms with Gasteiger partial charge in [0.2, 0.25) is 0 Å². The van der Waals surface area contributed by atoms with Gasteiger partial charge in [0.25, 0.3) is 5.69 Å². The number of pyridine rings is 2. The van der Waals surface area contributed by atoms with Gasteiger partial charge >= 0.3 is 12.4 Å². The lowest BCUT2D eigenvalue weighted by atomic mass is 10.00. The van der Waals surface area contributed by atoms with E-state index in [-0.39, 0.29) is 39.5 Å². The summed E-state index contributed by atoms with van der Waals surface area (Å²) >= 11 is 0. The van der Waals surface area contributed by atoms with Crippen LogP contribution in [0.1, 0.15) is 11.1 Å². The first-order chi connectivity index (χ1) is 26.5. The minimum Gasteiger partial charge on any atom is -0.454 e. The SMILES string of the molecule is Cn1cnc(-c2cc(Oc3c(-c4c(N)nn5cc(-c6cn(C)cn6)cc(Oc6ccc([N+](=O)[O-])cc6C(F)(F)F)c45)cccc3C(F)(F)F)c3ccnn3c2)c1. The third-order valence-electron chi connectivity index (χ3n) is 8.69. The zero-order chi connectivity index (χ0) is 39.7. The summed E-state index contributed by atoms with van der Waals surface area (Å²) in [6, 6.07) is 9.46. The molecular weight excluding hydrogens is 750 g/mol. The molecule has 56 heavy (non-hydrogen) atoms. The maximum Gasteiger partial charge on any atom is 0.420 e. The number of nitro groups is 1. The molecule has 0 saturated carbocycles. The van der Waals surface area contributed by atoms with Gasteiger partial charge in [0, 0.05) is 67.7 Å². The smallest absolute Gasteiger partial charge is 0.420 e. The lowest BCUT2D eigenvalue weighted by molar-refractivity contribution is -0.385. The molecule has 0 spiro atoms. The van der Waals surface area contributed by atoms with Crippen LogP contribution in [0.3, 0.4) is 0 Å². The number of hydrogen-bond acceptors (Lipinski definition) is 9. The van der Waals surface area contributed by atoms with E-state index < -0.39 is 45.6 Å². The molecule has 0 atom stereocenters. The number of aromatic nitrogens is 8. The normalized spacial score (nSPS) is 12.1. The van der Waals surface area contributed by atoms with Gasteiger partial charge in [0.15, 0.2) is 17.3 Å². The van der Waals surface area contributed by atoms with E-state index in [1.807, 2.05) is 0 Å². The van der Waals surface area contributed by atoms with Crippen LogP contribution >= 0.6 is 0 Å². The van der Waals surface area contributed by atoms with Crippen LogP contribution in [0.2, 0.25) is 0 Å². The average Bonchev–Trinajstić information content (AvgIpc) is 3.94. The van der Waals surface area contributed by atoms with Crippen molar-refractivity contribution in [2.24, 2.45) is 14.1 Å². The van der Waals surface area contributed by atoms with Crippen LogP contribution in [-0.2, 0) is 26.4 Å². The highest BCUT2D eigenvalue weighted by Crippen LogP contribution is 2.50. The summed E-state index contributed by atoms with van der Waals surface area (Å²) in [7, 11) is 3.43. The maximum absolute atomic E-state index is 14.9. The molecule has 20 heteroatoms. The van der Waals surface area contributed by atoms with Crippen LogP contribution in [0.25, 0.3) is 44.7 Å². The van der Waals surface area contributed by atoms with Crippen LogP contribution in [0.5, 0.6) is 23.0 Å². The van der Waals surface area contributed by atoms with Crippen LogP contribution in [0.4, 0.5) is 37.8 Å². The van der Waals surface area contributed by atoms with Crippen molar-refractivity contribution in [3.63, 3.8) is 0 Å². The summed E-state index contributed by atoms with van der Waals surface area (Å²) < 4.78 is 106. The zero-order valence-electron chi connectivity index (χ0n) is 28.7. The fraction of sp³-hybridized carbons (Fsp3) is 0.111. The molecule has 0 saturated heterocycles. The number of nitrogens with two attached hydrogens (primary N) is 1. The number of ether oxygens (including phenoxy) is 2. The van der Waals surface area contributed by atoms with E-state index in [4.69, 9.17) is 15.2 Å². The van der Waals surface area contributed by atoms with E-state index in [9.17, 15) is 36.5 Å². The second kappa shape index (κ2) is 12.9. The summed E-state index contributed by atoms with van der Waals surface area (Å²) in [4.78, 5) is 19.0. The van der Waals surface area contributed by atoms with Gasteiger partial charge in [-0.05, 0) is 30.3 Å². The number of anilines is 1. The standard InChI is InChI=1S/C36H24F6N10O4/c1-48-15-25(44-17-48)19-10-29(27-8-9-46-50(27)13-19)56-33-22(4-3-5-23(33)35(37,38)39)31-32-30(55-28-7-6-21(52(53)54)12-24(28)36(40,41)42)11-20(14-51(32)47-34(31)43)26-16-49(2)18-45-26/h3-18H,1-2H3,(H2,43,47). The molecule has 0 amide bonds. The number of nitrogen functional groups attached to an aromatic ring is 1. The van der Waals surface area contributed by atoms with E-state index >= 15 is 0 Å². The lowest BCUT2D eigenvalue weighted by Crippen LogP contribution is -2.09. The number of non-ortho nitro benzene ring substituents is 1. The molecule has 284 valence electrons. The number of hydrogen-bond donors (Lipinski definition) is 1. The molecule has 0 aliphatic carbocycles. The van der Waals surface area contributed by atoms with Gasteiger partial charge in [0.05, 0.1) is 46.3 Å². The molecule has 6 aromatic heterocycles. The number of rotatable bonds is 8. The van der Waals surface area contributed by atoms with Crippen molar-refractivity contribution in [1.29, 1.82) is 0 Å². The summed E-state index contributed by atoms with van der Waals surface area (Å²) in [5.74, 6) is -2.30. The Balaban J connectivity index is 1.38. The first-order valence-corrected chi connectivity index (χ1v) is 16.2. The monoisotopic (exact) mass is 774 g/mol. The average molecular weight is 775 g/mol. The topological polar surface area (TPSA) is 158 Å². The molecule has 0 unspecified atom stereocenters. The Labute approximate surface area is 309 Å². The molecule has 0 bridgehead atoms. The molecule has 0 fully saturated rings. The number of imidazole rings is 2. The fourth-order valence-electron chi connectivity index (χ4n) is 6.22. The van der Waals surface area contributed by atoms with Crippen LogP contribution in [0.15, 0.2) is 98.2 Å². The van der Waals surface area contributed by atoms with E-state index in [0.717, 1.165) is 28.8 Å². The lowest BCUT2D eigenvalue weighted by Gasteiger charge is -2.19. The predicted molar refractivity (Wildman–Crippen MR) is 188 cm³/mol. The van der Waals surface area contributed by atoms with Crippen molar-refractivity contribution in [2.75, 3.05) is 5.73 Å². The van der Waals surface area contributed by atoms with Gasteiger partial charge < -0.3 is 24.3 Å². The third-order valence-corrected chi connectivity index (χ3v) is 8.69. The van der Waals surface area contributed by atoms with Crippen LogP contribution < -0.4 is 15.2 Å². The van der Waals surface area contributed by atoms with Crippen molar-refractivity contribution in [1.82, 2.24) is 38.3 Å². The van der Waals surface area contributed by atoms with Crippen molar-refractivity contribution in [3.05, 3.63) is 119 Å². The molecule has 0 radical (unpaired) electrons. The molecular formula is C36H24F6N10O4. The Bertz CT molecular complexity index is 2840. The van der Waals surface area contributed by atoms with Gasteiger partial charge in [-0.25, -0.2) is 19.0 Å². The number of halogens is 6. The van der Waals surface area contributed by atoms with E-state index in [0.29, 0.717) is 28.5 Å². The minimum atomic E-state index is -5.12. The second-order valence-corrected chi connectivity index (χ2v) is 12.6. The summed E-state index contributed by atoms with van der Waals surface area (Å²) in [6.07, 6.45) is 0.675. The van der Waals surface area contributed by atoms with Gasteiger partial charge in [-0.2, -0.15) is 31.4 Å². The number of aryl methyl sites for hydroxylation is 2. The van der Waals surface area contributed by atoms with E-state index in [2.05, 4.69) is 20.2 Å². The first-order valence-electron chi connectivity index (χ1n) is 16.2. The second-order valence-electron chi connectivity index (χ2n) is 12.6. The minimum absolute atomic E-state index is 0.0479. The molecule has 0 aliphatic heterocycles. The number of para-hydroxylation sites is 1. The Kier molecular flexibility index (Phi) is 8.20. The van der Waals surface area contributed by atoms with E-state index in [1.165, 1.54) is 47.5 Å². The van der Waals surface area contributed by atoms with Gasteiger partial charge in [-0.1, -0.05) is 12.1 Å². The van der Waals surface area contributed by atoms with Gasteiger partial charge in [-0.3, -0.25) is 10.1 Å². The molecule has 14 nitrogen and oxygen atoms in total. The number of fused-ring (bicyclic) bond motifs is 2. The quantitative estimate of drug-likeness (QED) is 0.0907. The first kappa shape index (κ1) is 35.6. The highest BCUT2D eigenvalue weighted by molar-refractivity contribution is 5.96. The highest BCUT2D eigenvalue weighted by Gasteiger charge is 2.39. The Morgan fingerprint density at radius 3 is 2.00 bits per heavy atom. The highest BCUT2D eigenvalue weighted by atomic mass is 19.4. The Morgan fingerprint density at radius 1 is 0.750 bits per heavy atom. The van der Waals surface area contributed by atoms with E-state index in [1.54, 1.807) is 48.1 Å². The molecule has 2 aromatic carbocycles. The Hall–Kier alpha value is -7.38. The van der Waals surface area contributed by atoms with Crippen molar-refractivity contribution in [3.8, 4) is 56.6 Å². The van der Waals surface area contributed by atoms with Crippen molar-refractivity contribution in [2.45, 2.75) is 12.4 Å². The maximum atomic E-state index is 14.9. The number of benzene rings is 2. The summed E-state index contributed by atoms with van der Waals surface area (Å²) in [6.45, 7) is 0. The zero-order valence-corrected chi connectivity index (χ0v) is 28.7. The predicted octanol–water partition coefficient (Wildman–Crippen LogP) is 8.56. The molecule has 6 heterocycles. The van der Waals surface area contributed by atoms with Crippen LogP contribution in [0, 0.1) is 10.1 Å².